The Bertz CT molecular complexity index is 458. The average molecular weight is 296 g/mol. The van der Waals surface area contributed by atoms with Gasteiger partial charge in [0.25, 0.3) is 0 Å². The first-order valence-electron chi connectivity index (χ1n) is 7.01. The molecule has 0 spiro atoms. The van der Waals surface area contributed by atoms with Gasteiger partial charge in [0, 0.05) is 37.2 Å². The van der Waals surface area contributed by atoms with E-state index in [1.165, 1.54) is 0 Å². The van der Waals surface area contributed by atoms with Crippen LogP contribution in [0.25, 0.3) is 0 Å². The van der Waals surface area contributed by atoms with Crippen molar-refractivity contribution in [3.05, 3.63) is 34.9 Å². The van der Waals surface area contributed by atoms with Crippen molar-refractivity contribution in [2.45, 2.75) is 13.0 Å². The Hall–Kier alpha value is -1.10. The molecule has 1 atom stereocenters. The molecule has 1 heterocycles. The van der Waals surface area contributed by atoms with E-state index >= 15 is 0 Å². The fourth-order valence-electron chi connectivity index (χ4n) is 2.30. The summed E-state index contributed by atoms with van der Waals surface area (Å²) >= 11 is 5.98. The zero-order valence-electron chi connectivity index (χ0n) is 12.1. The molecule has 4 nitrogen and oxygen atoms in total. The molecule has 0 saturated carbocycles. The van der Waals surface area contributed by atoms with Crippen LogP contribution in [0, 0.1) is 0 Å². The van der Waals surface area contributed by atoms with Gasteiger partial charge in [-0.3, -0.25) is 4.79 Å². The van der Waals surface area contributed by atoms with Gasteiger partial charge < -0.3 is 15.1 Å². The Morgan fingerprint density at radius 1 is 1.35 bits per heavy atom. The first-order valence-corrected chi connectivity index (χ1v) is 7.39. The first-order chi connectivity index (χ1) is 9.56. The van der Waals surface area contributed by atoms with Crippen LogP contribution in [0.4, 0.5) is 0 Å². The predicted molar refractivity (Wildman–Crippen MR) is 81.9 cm³/mol. The standard InChI is InChI=1S/C15H22ClN3O/c1-12(13-4-3-5-14(16)10-13)17-11-15(20)19-8-6-18(2)7-9-19/h3-5,10,12,17H,6-9,11H2,1-2H3/t12-/m1/s1. The Morgan fingerprint density at radius 2 is 2.05 bits per heavy atom. The number of benzene rings is 1. The molecule has 110 valence electrons. The maximum atomic E-state index is 12.1. The minimum Gasteiger partial charge on any atom is -0.339 e. The maximum absolute atomic E-state index is 12.1. The quantitative estimate of drug-likeness (QED) is 0.919. The van der Waals surface area contributed by atoms with Crippen LogP contribution in [0.1, 0.15) is 18.5 Å². The molecule has 0 bridgehead atoms. The molecule has 1 aromatic rings. The van der Waals surface area contributed by atoms with E-state index in [1.54, 1.807) is 0 Å². The lowest BCUT2D eigenvalue weighted by Crippen LogP contribution is -2.49. The molecule has 1 aromatic carbocycles. The van der Waals surface area contributed by atoms with Gasteiger partial charge >= 0.3 is 0 Å². The number of carbonyl (C=O) groups is 1. The lowest BCUT2D eigenvalue weighted by atomic mass is 10.1. The molecular formula is C15H22ClN3O. The van der Waals surface area contributed by atoms with E-state index in [0.717, 1.165) is 36.8 Å². The van der Waals surface area contributed by atoms with Crippen molar-refractivity contribution < 1.29 is 4.79 Å². The van der Waals surface area contributed by atoms with E-state index in [9.17, 15) is 4.79 Å². The SMILES string of the molecule is C[C@@H](NCC(=O)N1CCN(C)CC1)c1cccc(Cl)c1. The van der Waals surface area contributed by atoms with Crippen molar-refractivity contribution in [1.29, 1.82) is 0 Å². The van der Waals surface area contributed by atoms with Crippen molar-refractivity contribution in [2.24, 2.45) is 0 Å². The van der Waals surface area contributed by atoms with Crippen molar-refractivity contribution in [1.82, 2.24) is 15.1 Å². The molecule has 1 fully saturated rings. The zero-order valence-corrected chi connectivity index (χ0v) is 12.9. The van der Waals surface area contributed by atoms with E-state index in [1.807, 2.05) is 36.1 Å². The minimum absolute atomic E-state index is 0.116. The molecule has 1 N–H and O–H groups in total. The summed E-state index contributed by atoms with van der Waals surface area (Å²) in [6, 6.07) is 7.85. The summed E-state index contributed by atoms with van der Waals surface area (Å²) in [5.74, 6) is 0.173. The molecule has 1 aliphatic heterocycles. The van der Waals surface area contributed by atoms with Gasteiger partial charge in [0.2, 0.25) is 5.91 Å². The van der Waals surface area contributed by atoms with Gasteiger partial charge in [0.15, 0.2) is 0 Å². The Labute approximate surface area is 125 Å². The van der Waals surface area contributed by atoms with Crippen LogP contribution in [0.5, 0.6) is 0 Å². The van der Waals surface area contributed by atoms with Crippen molar-refractivity contribution >= 4 is 17.5 Å². The molecule has 0 aliphatic carbocycles. The maximum Gasteiger partial charge on any atom is 0.236 e. The summed E-state index contributed by atoms with van der Waals surface area (Å²) in [6.45, 7) is 5.97. The van der Waals surface area contributed by atoms with E-state index in [4.69, 9.17) is 11.6 Å². The predicted octanol–water partition coefficient (Wildman–Crippen LogP) is 1.76. The van der Waals surface area contributed by atoms with Crippen LogP contribution in [0.3, 0.4) is 0 Å². The smallest absolute Gasteiger partial charge is 0.236 e. The highest BCUT2D eigenvalue weighted by atomic mass is 35.5. The first kappa shape index (κ1) is 15.3. The molecule has 5 heteroatoms. The van der Waals surface area contributed by atoms with Crippen LogP contribution in [-0.4, -0.2) is 55.5 Å². The summed E-state index contributed by atoms with van der Waals surface area (Å²) in [6.07, 6.45) is 0. The monoisotopic (exact) mass is 295 g/mol. The fourth-order valence-corrected chi connectivity index (χ4v) is 2.50. The highest BCUT2D eigenvalue weighted by Gasteiger charge is 2.19. The highest BCUT2D eigenvalue weighted by molar-refractivity contribution is 6.30. The largest absolute Gasteiger partial charge is 0.339 e. The Balaban J connectivity index is 1.81. The van der Waals surface area contributed by atoms with Crippen molar-refractivity contribution in [3.63, 3.8) is 0 Å². The van der Waals surface area contributed by atoms with Crippen molar-refractivity contribution in [3.8, 4) is 0 Å². The van der Waals surface area contributed by atoms with Crippen LogP contribution in [0.15, 0.2) is 24.3 Å². The number of nitrogens with zero attached hydrogens (tertiary/aromatic N) is 2. The fraction of sp³-hybridized carbons (Fsp3) is 0.533. The third-order valence-electron chi connectivity index (χ3n) is 3.76. The normalized spacial score (nSPS) is 18.1. The third kappa shape index (κ3) is 4.20. The lowest BCUT2D eigenvalue weighted by Gasteiger charge is -2.32. The molecule has 1 aliphatic rings. The molecule has 1 amide bonds. The van der Waals surface area contributed by atoms with E-state index < -0.39 is 0 Å². The topological polar surface area (TPSA) is 35.6 Å². The number of rotatable bonds is 4. The minimum atomic E-state index is 0.116. The second kappa shape index (κ2) is 7.07. The summed E-state index contributed by atoms with van der Waals surface area (Å²) in [5.41, 5.74) is 1.10. The van der Waals surface area contributed by atoms with Crippen LogP contribution in [0.2, 0.25) is 5.02 Å². The number of hydrogen-bond donors (Lipinski definition) is 1. The number of hydrogen-bond acceptors (Lipinski definition) is 3. The van der Waals surface area contributed by atoms with Crippen molar-refractivity contribution in [2.75, 3.05) is 39.8 Å². The van der Waals surface area contributed by atoms with E-state index in [-0.39, 0.29) is 11.9 Å². The number of halogens is 1. The highest BCUT2D eigenvalue weighted by Crippen LogP contribution is 2.17. The Kier molecular flexibility index (Phi) is 5.40. The molecule has 1 saturated heterocycles. The van der Waals surface area contributed by atoms with Gasteiger partial charge in [0.05, 0.1) is 6.54 Å². The van der Waals surface area contributed by atoms with Gasteiger partial charge in [-0.2, -0.15) is 0 Å². The van der Waals surface area contributed by atoms with Gasteiger partial charge in [-0.05, 0) is 31.7 Å². The van der Waals surface area contributed by atoms with Crippen LogP contribution < -0.4 is 5.32 Å². The second-order valence-electron chi connectivity index (χ2n) is 5.34. The van der Waals surface area contributed by atoms with Gasteiger partial charge in [-0.1, -0.05) is 23.7 Å². The molecular weight excluding hydrogens is 274 g/mol. The van der Waals surface area contributed by atoms with Gasteiger partial charge in [0.1, 0.15) is 0 Å². The number of likely N-dealkylation sites (N-methyl/N-ethyl adjacent to an activating group) is 1. The van der Waals surface area contributed by atoms with Gasteiger partial charge in [-0.25, -0.2) is 0 Å². The molecule has 20 heavy (non-hydrogen) atoms. The second-order valence-corrected chi connectivity index (χ2v) is 5.78. The molecule has 0 aromatic heterocycles. The number of amides is 1. The zero-order chi connectivity index (χ0) is 14.5. The summed E-state index contributed by atoms with van der Waals surface area (Å²) in [4.78, 5) is 16.3. The lowest BCUT2D eigenvalue weighted by molar-refractivity contribution is -0.131. The van der Waals surface area contributed by atoms with Gasteiger partial charge in [-0.15, -0.1) is 0 Å². The van der Waals surface area contributed by atoms with E-state index in [2.05, 4.69) is 17.3 Å². The summed E-state index contributed by atoms with van der Waals surface area (Å²) in [7, 11) is 2.08. The summed E-state index contributed by atoms with van der Waals surface area (Å²) in [5, 5.41) is 3.99. The third-order valence-corrected chi connectivity index (χ3v) is 4.00. The number of carbonyl (C=O) groups excluding carboxylic acids is 1. The van der Waals surface area contributed by atoms with Crippen LogP contribution >= 0.6 is 11.6 Å². The Morgan fingerprint density at radius 3 is 2.70 bits per heavy atom. The molecule has 2 rings (SSSR count). The number of nitrogens with one attached hydrogen (secondary N) is 1. The molecule has 0 radical (unpaired) electrons. The molecule has 0 unspecified atom stereocenters. The van der Waals surface area contributed by atoms with E-state index in [0.29, 0.717) is 6.54 Å². The average Bonchev–Trinajstić information content (AvgIpc) is 2.45. The van der Waals surface area contributed by atoms with Crippen LogP contribution in [-0.2, 0) is 4.79 Å². The number of piperazine rings is 1. The summed E-state index contributed by atoms with van der Waals surface area (Å²) < 4.78 is 0.